The summed E-state index contributed by atoms with van der Waals surface area (Å²) in [6, 6.07) is 1.44. The summed E-state index contributed by atoms with van der Waals surface area (Å²) in [5.74, 6) is -0.438. The van der Waals surface area contributed by atoms with Crippen LogP contribution >= 0.6 is 0 Å². The van der Waals surface area contributed by atoms with Crippen LogP contribution in [0.5, 0.6) is 0 Å². The fourth-order valence-corrected chi connectivity index (χ4v) is 2.50. The van der Waals surface area contributed by atoms with Gasteiger partial charge in [-0.1, -0.05) is 6.92 Å². The summed E-state index contributed by atoms with van der Waals surface area (Å²) in [6.07, 6.45) is 1.51. The highest BCUT2D eigenvalue weighted by atomic mass is 16.5. The van der Waals surface area contributed by atoms with Gasteiger partial charge >= 0.3 is 5.97 Å². The first-order chi connectivity index (χ1) is 9.52. The molecule has 0 saturated carbocycles. The van der Waals surface area contributed by atoms with Crippen molar-refractivity contribution in [3.8, 4) is 0 Å². The molecule has 2 rings (SSSR count). The molecule has 1 fully saturated rings. The fourth-order valence-electron chi connectivity index (χ4n) is 2.50. The van der Waals surface area contributed by atoms with E-state index in [4.69, 9.17) is 14.3 Å². The lowest BCUT2D eigenvalue weighted by atomic mass is 9.99. The molecule has 1 aromatic heterocycles. The van der Waals surface area contributed by atoms with Crippen molar-refractivity contribution in [3.05, 3.63) is 23.2 Å². The zero-order valence-corrected chi connectivity index (χ0v) is 11.6. The summed E-state index contributed by atoms with van der Waals surface area (Å²) in [4.78, 5) is 23.0. The van der Waals surface area contributed by atoms with Gasteiger partial charge in [0, 0.05) is 6.61 Å². The molecule has 6 heteroatoms. The Hall–Kier alpha value is -1.82. The van der Waals surface area contributed by atoms with E-state index in [1.54, 1.807) is 6.92 Å². The summed E-state index contributed by atoms with van der Waals surface area (Å²) < 4.78 is 10.8. The number of furan rings is 1. The molecule has 2 heterocycles. The lowest BCUT2D eigenvalue weighted by Gasteiger charge is -2.15. The van der Waals surface area contributed by atoms with Crippen molar-refractivity contribution in [2.75, 3.05) is 6.61 Å². The topological polar surface area (TPSA) is 88.8 Å². The van der Waals surface area contributed by atoms with E-state index in [0.29, 0.717) is 18.1 Å². The molecule has 0 aliphatic carbocycles. The first-order valence-electron chi connectivity index (χ1n) is 6.74. The first-order valence-corrected chi connectivity index (χ1v) is 6.74. The molecule has 20 heavy (non-hydrogen) atoms. The number of aryl methyl sites for hydroxylation is 1. The van der Waals surface area contributed by atoms with Crippen molar-refractivity contribution in [2.24, 2.45) is 5.92 Å². The molecule has 1 saturated heterocycles. The molecule has 0 radical (unpaired) electrons. The van der Waals surface area contributed by atoms with Gasteiger partial charge in [0.15, 0.2) is 0 Å². The number of hydrogen-bond donors (Lipinski definition) is 2. The number of carbonyl (C=O) groups excluding carboxylic acids is 1. The van der Waals surface area contributed by atoms with Gasteiger partial charge in [0.25, 0.3) is 0 Å². The summed E-state index contributed by atoms with van der Waals surface area (Å²) >= 11 is 0. The number of ether oxygens (including phenoxy) is 1. The Morgan fingerprint density at radius 1 is 1.50 bits per heavy atom. The lowest BCUT2D eigenvalue weighted by molar-refractivity contribution is -0.126. The minimum atomic E-state index is -1.03. The van der Waals surface area contributed by atoms with Crippen LogP contribution in [0, 0.1) is 12.8 Å². The maximum atomic E-state index is 12.1. The van der Waals surface area contributed by atoms with Gasteiger partial charge in [-0.3, -0.25) is 4.79 Å². The van der Waals surface area contributed by atoms with Crippen LogP contribution in [0.2, 0.25) is 0 Å². The second-order valence-electron chi connectivity index (χ2n) is 4.92. The molecule has 2 N–H and O–H groups in total. The number of rotatable bonds is 5. The quantitative estimate of drug-likeness (QED) is 0.857. The number of carboxylic acids is 1. The summed E-state index contributed by atoms with van der Waals surface area (Å²) in [5, 5.41) is 11.7. The second-order valence-corrected chi connectivity index (χ2v) is 4.92. The van der Waals surface area contributed by atoms with Crippen molar-refractivity contribution < 1.29 is 23.8 Å². The standard InChI is InChI=1S/C14H19NO5/c1-3-12-10(4-5-19-12)13(16)15-7-9-6-11(14(17)18)8(2)20-9/h6,10,12H,3-5,7H2,1-2H3,(H,15,16)(H,17,18). The van der Waals surface area contributed by atoms with Crippen LogP contribution in [-0.2, 0) is 16.1 Å². The second kappa shape index (κ2) is 6.09. The van der Waals surface area contributed by atoms with Crippen LogP contribution in [0.15, 0.2) is 10.5 Å². The van der Waals surface area contributed by atoms with Crippen LogP contribution < -0.4 is 5.32 Å². The maximum absolute atomic E-state index is 12.1. The van der Waals surface area contributed by atoms with Crippen LogP contribution in [0.3, 0.4) is 0 Å². The Bertz CT molecular complexity index is 508. The average molecular weight is 281 g/mol. The highest BCUT2D eigenvalue weighted by Crippen LogP contribution is 2.23. The average Bonchev–Trinajstić information content (AvgIpc) is 3.01. The lowest BCUT2D eigenvalue weighted by Crippen LogP contribution is -2.34. The van der Waals surface area contributed by atoms with E-state index in [-0.39, 0.29) is 30.0 Å². The van der Waals surface area contributed by atoms with E-state index in [2.05, 4.69) is 5.32 Å². The normalized spacial score (nSPS) is 21.9. The van der Waals surface area contributed by atoms with Gasteiger partial charge in [0.05, 0.1) is 18.6 Å². The Kier molecular flexibility index (Phi) is 4.44. The number of aromatic carboxylic acids is 1. The number of amides is 1. The largest absolute Gasteiger partial charge is 0.478 e. The summed E-state index contributed by atoms with van der Waals surface area (Å²) in [5.41, 5.74) is 0.130. The predicted molar refractivity (Wildman–Crippen MR) is 70.4 cm³/mol. The Morgan fingerprint density at radius 3 is 2.85 bits per heavy atom. The summed E-state index contributed by atoms with van der Waals surface area (Å²) in [6.45, 7) is 4.39. The highest BCUT2D eigenvalue weighted by molar-refractivity contribution is 5.88. The zero-order valence-electron chi connectivity index (χ0n) is 11.6. The van der Waals surface area contributed by atoms with Crippen molar-refractivity contribution in [3.63, 3.8) is 0 Å². The number of hydrogen-bond acceptors (Lipinski definition) is 4. The van der Waals surface area contributed by atoms with Crippen LogP contribution in [0.4, 0.5) is 0 Å². The molecule has 0 bridgehead atoms. The predicted octanol–water partition coefficient (Wildman–Crippen LogP) is 1.72. The van der Waals surface area contributed by atoms with Gasteiger partial charge in [-0.15, -0.1) is 0 Å². The maximum Gasteiger partial charge on any atom is 0.339 e. The van der Waals surface area contributed by atoms with Gasteiger partial charge in [-0.2, -0.15) is 0 Å². The molecule has 1 aliphatic heterocycles. The molecule has 2 unspecified atom stereocenters. The highest BCUT2D eigenvalue weighted by Gasteiger charge is 2.32. The van der Waals surface area contributed by atoms with E-state index >= 15 is 0 Å². The monoisotopic (exact) mass is 281 g/mol. The third-order valence-electron chi connectivity index (χ3n) is 3.58. The molecule has 2 atom stereocenters. The van der Waals surface area contributed by atoms with Crippen molar-refractivity contribution in [2.45, 2.75) is 39.3 Å². The molecule has 0 spiro atoms. The van der Waals surface area contributed by atoms with Gasteiger partial charge in [0.1, 0.15) is 17.1 Å². The van der Waals surface area contributed by atoms with Gasteiger partial charge in [-0.05, 0) is 25.8 Å². The third kappa shape index (κ3) is 3.01. The minimum Gasteiger partial charge on any atom is -0.478 e. The Balaban J connectivity index is 1.93. The summed E-state index contributed by atoms with van der Waals surface area (Å²) in [7, 11) is 0. The molecule has 6 nitrogen and oxygen atoms in total. The van der Waals surface area contributed by atoms with E-state index < -0.39 is 5.97 Å². The molecule has 0 aromatic carbocycles. The van der Waals surface area contributed by atoms with Crippen LogP contribution in [-0.4, -0.2) is 29.7 Å². The number of carboxylic acid groups (broad SMARTS) is 1. The SMILES string of the molecule is CCC1OCCC1C(=O)NCc1cc(C(=O)O)c(C)o1. The van der Waals surface area contributed by atoms with Gasteiger partial charge in [0.2, 0.25) is 5.91 Å². The van der Waals surface area contributed by atoms with Gasteiger partial charge < -0.3 is 19.6 Å². The molecule has 110 valence electrons. The third-order valence-corrected chi connectivity index (χ3v) is 3.58. The Morgan fingerprint density at radius 2 is 2.25 bits per heavy atom. The van der Waals surface area contributed by atoms with E-state index in [0.717, 1.165) is 12.8 Å². The molecule has 1 amide bonds. The van der Waals surface area contributed by atoms with Crippen molar-refractivity contribution in [1.29, 1.82) is 0 Å². The fraction of sp³-hybridized carbons (Fsp3) is 0.571. The van der Waals surface area contributed by atoms with Crippen LogP contribution in [0.1, 0.15) is 41.6 Å². The van der Waals surface area contributed by atoms with E-state index in [9.17, 15) is 9.59 Å². The molecular formula is C14H19NO5. The van der Waals surface area contributed by atoms with Crippen LogP contribution in [0.25, 0.3) is 0 Å². The number of nitrogens with one attached hydrogen (secondary N) is 1. The smallest absolute Gasteiger partial charge is 0.339 e. The molecule has 1 aromatic rings. The number of carbonyl (C=O) groups is 2. The van der Waals surface area contributed by atoms with E-state index in [1.807, 2.05) is 6.92 Å². The zero-order chi connectivity index (χ0) is 14.7. The molecule has 1 aliphatic rings. The molecular weight excluding hydrogens is 262 g/mol. The van der Waals surface area contributed by atoms with Crippen molar-refractivity contribution in [1.82, 2.24) is 5.32 Å². The first kappa shape index (κ1) is 14.6. The van der Waals surface area contributed by atoms with Gasteiger partial charge in [-0.25, -0.2) is 4.79 Å². The Labute approximate surface area is 117 Å². The minimum absolute atomic E-state index is 0.0251. The van der Waals surface area contributed by atoms with Crippen molar-refractivity contribution >= 4 is 11.9 Å². The van der Waals surface area contributed by atoms with E-state index in [1.165, 1.54) is 6.07 Å².